The summed E-state index contributed by atoms with van der Waals surface area (Å²) in [6.07, 6.45) is 2.88. The largest absolute Gasteiger partial charge is 0.338 e. The van der Waals surface area contributed by atoms with Crippen molar-refractivity contribution in [3.05, 3.63) is 29.8 Å². The van der Waals surface area contributed by atoms with Crippen molar-refractivity contribution in [3.63, 3.8) is 0 Å². The van der Waals surface area contributed by atoms with Gasteiger partial charge in [0.25, 0.3) is 0 Å². The minimum absolute atomic E-state index is 0.00884. The summed E-state index contributed by atoms with van der Waals surface area (Å²) in [7, 11) is 0. The van der Waals surface area contributed by atoms with Crippen molar-refractivity contribution in [3.8, 4) is 0 Å². The third kappa shape index (κ3) is 6.13. The highest BCUT2D eigenvalue weighted by atomic mass is 16.2. The molecule has 5 heteroatoms. The summed E-state index contributed by atoms with van der Waals surface area (Å²) in [4.78, 5) is 26.6. The van der Waals surface area contributed by atoms with E-state index in [1.807, 2.05) is 49.9 Å². The average Bonchev–Trinajstić information content (AvgIpc) is 2.54. The van der Waals surface area contributed by atoms with E-state index in [0.717, 1.165) is 30.6 Å². The Morgan fingerprint density at radius 3 is 2.46 bits per heavy atom. The Hall–Kier alpha value is -1.88. The minimum Gasteiger partial charge on any atom is -0.338 e. The van der Waals surface area contributed by atoms with Crippen molar-refractivity contribution >= 4 is 17.5 Å². The molecule has 0 saturated carbocycles. The summed E-state index contributed by atoms with van der Waals surface area (Å²) < 4.78 is 0. The second-order valence-corrected chi connectivity index (χ2v) is 8.77. The maximum absolute atomic E-state index is 12.7. The Kier molecular flexibility index (Phi) is 6.81. The Labute approximate surface area is 157 Å². The molecule has 0 radical (unpaired) electrons. The lowest BCUT2D eigenvalue weighted by molar-refractivity contribution is -0.134. The number of nitrogens with zero attached hydrogens (tertiary/aromatic N) is 1. The van der Waals surface area contributed by atoms with Gasteiger partial charge in [0.2, 0.25) is 11.8 Å². The summed E-state index contributed by atoms with van der Waals surface area (Å²) in [6, 6.07) is 7.70. The van der Waals surface area contributed by atoms with Crippen LogP contribution in [0, 0.1) is 11.3 Å². The standard InChI is InChI=1S/C21H33N3O2/c1-15-9-10-24(18(11-15)14-22)20(26)12-16-5-7-17(8-6-16)23-19(25)13-21(2,3)4/h5-8,15,18H,9-14,22H2,1-4H3,(H,23,25). The Bertz CT molecular complexity index is 619. The number of nitrogens with one attached hydrogen (secondary N) is 1. The van der Waals surface area contributed by atoms with Crippen LogP contribution in [0.2, 0.25) is 0 Å². The van der Waals surface area contributed by atoms with E-state index in [9.17, 15) is 9.59 Å². The van der Waals surface area contributed by atoms with Crippen molar-refractivity contribution in [1.29, 1.82) is 0 Å². The smallest absolute Gasteiger partial charge is 0.227 e. The SMILES string of the molecule is CC1CCN(C(=O)Cc2ccc(NC(=O)CC(C)(C)C)cc2)C(CN)C1. The molecule has 0 spiro atoms. The first-order chi connectivity index (χ1) is 12.2. The fraction of sp³-hybridized carbons (Fsp3) is 0.619. The Balaban J connectivity index is 1.92. The zero-order valence-electron chi connectivity index (χ0n) is 16.5. The molecule has 2 atom stereocenters. The van der Waals surface area contributed by atoms with Crippen molar-refractivity contribution in [1.82, 2.24) is 4.90 Å². The predicted octanol–water partition coefficient (Wildman–Crippen LogP) is 3.19. The molecule has 1 fully saturated rings. The first-order valence-electron chi connectivity index (χ1n) is 9.56. The van der Waals surface area contributed by atoms with E-state index in [4.69, 9.17) is 5.73 Å². The zero-order valence-corrected chi connectivity index (χ0v) is 16.5. The molecule has 2 unspecified atom stereocenters. The maximum Gasteiger partial charge on any atom is 0.227 e. The molecular formula is C21H33N3O2. The molecular weight excluding hydrogens is 326 g/mol. The van der Waals surface area contributed by atoms with Crippen LogP contribution in [0.5, 0.6) is 0 Å². The average molecular weight is 360 g/mol. The predicted molar refractivity (Wildman–Crippen MR) is 106 cm³/mol. The van der Waals surface area contributed by atoms with E-state index >= 15 is 0 Å². The van der Waals surface area contributed by atoms with E-state index in [1.54, 1.807) is 0 Å². The fourth-order valence-electron chi connectivity index (χ4n) is 3.47. The Morgan fingerprint density at radius 1 is 1.23 bits per heavy atom. The summed E-state index contributed by atoms with van der Waals surface area (Å²) in [5.74, 6) is 0.773. The van der Waals surface area contributed by atoms with Gasteiger partial charge in [-0.2, -0.15) is 0 Å². The van der Waals surface area contributed by atoms with Crippen molar-refractivity contribution < 1.29 is 9.59 Å². The van der Waals surface area contributed by atoms with Crippen LogP contribution in [-0.2, 0) is 16.0 Å². The molecule has 0 bridgehead atoms. The van der Waals surface area contributed by atoms with E-state index in [0.29, 0.717) is 25.3 Å². The number of hydrogen-bond donors (Lipinski definition) is 2. The lowest BCUT2D eigenvalue weighted by atomic mass is 9.92. The lowest BCUT2D eigenvalue weighted by Gasteiger charge is -2.38. The number of hydrogen-bond acceptors (Lipinski definition) is 3. The highest BCUT2D eigenvalue weighted by Gasteiger charge is 2.28. The quantitative estimate of drug-likeness (QED) is 0.848. The topological polar surface area (TPSA) is 75.4 Å². The summed E-state index contributed by atoms with van der Waals surface area (Å²) >= 11 is 0. The minimum atomic E-state index is -0.0398. The Morgan fingerprint density at radius 2 is 1.88 bits per heavy atom. The van der Waals surface area contributed by atoms with Crippen LogP contribution < -0.4 is 11.1 Å². The normalized spacial score (nSPS) is 20.7. The fourth-order valence-corrected chi connectivity index (χ4v) is 3.47. The number of amides is 2. The third-order valence-corrected chi connectivity index (χ3v) is 4.85. The van der Waals surface area contributed by atoms with Crippen molar-refractivity contribution in [2.24, 2.45) is 17.1 Å². The van der Waals surface area contributed by atoms with Gasteiger partial charge in [-0.05, 0) is 41.9 Å². The van der Waals surface area contributed by atoms with Crippen LogP contribution in [0.1, 0.15) is 52.5 Å². The number of nitrogens with two attached hydrogens (primary N) is 1. The van der Waals surface area contributed by atoms with Crippen LogP contribution in [0.25, 0.3) is 0 Å². The van der Waals surface area contributed by atoms with E-state index in [1.165, 1.54) is 0 Å². The second-order valence-electron chi connectivity index (χ2n) is 8.77. The third-order valence-electron chi connectivity index (χ3n) is 4.85. The van der Waals surface area contributed by atoms with Gasteiger partial charge in [0.15, 0.2) is 0 Å². The van der Waals surface area contributed by atoms with E-state index in [-0.39, 0.29) is 23.3 Å². The molecule has 1 saturated heterocycles. The summed E-state index contributed by atoms with van der Waals surface area (Å²) in [5.41, 5.74) is 7.55. The van der Waals surface area contributed by atoms with Gasteiger partial charge in [-0.1, -0.05) is 39.8 Å². The highest BCUT2D eigenvalue weighted by molar-refractivity contribution is 5.91. The van der Waals surface area contributed by atoms with Crippen molar-refractivity contribution in [2.75, 3.05) is 18.4 Å². The summed E-state index contributed by atoms with van der Waals surface area (Å²) in [6.45, 7) is 9.65. The highest BCUT2D eigenvalue weighted by Crippen LogP contribution is 2.23. The lowest BCUT2D eigenvalue weighted by Crippen LogP contribution is -2.49. The first-order valence-corrected chi connectivity index (χ1v) is 9.56. The number of benzene rings is 1. The molecule has 26 heavy (non-hydrogen) atoms. The number of carbonyl (C=O) groups is 2. The van der Waals surface area contributed by atoms with Crippen LogP contribution in [0.4, 0.5) is 5.69 Å². The summed E-state index contributed by atoms with van der Waals surface area (Å²) in [5, 5.41) is 2.91. The number of likely N-dealkylation sites (tertiary alicyclic amines) is 1. The van der Waals surface area contributed by atoms with Gasteiger partial charge in [-0.15, -0.1) is 0 Å². The van der Waals surface area contributed by atoms with E-state index < -0.39 is 0 Å². The molecule has 1 aromatic rings. The molecule has 2 amide bonds. The van der Waals surface area contributed by atoms with Crippen molar-refractivity contribution in [2.45, 2.75) is 59.4 Å². The van der Waals surface area contributed by atoms with Gasteiger partial charge in [0, 0.05) is 31.2 Å². The molecule has 3 N–H and O–H groups in total. The molecule has 1 aromatic carbocycles. The molecule has 1 heterocycles. The monoisotopic (exact) mass is 359 g/mol. The zero-order chi connectivity index (χ0) is 19.3. The molecule has 144 valence electrons. The van der Waals surface area contributed by atoms with E-state index in [2.05, 4.69) is 12.2 Å². The molecule has 0 aromatic heterocycles. The van der Waals surface area contributed by atoms with Crippen LogP contribution in [0.15, 0.2) is 24.3 Å². The second kappa shape index (κ2) is 8.67. The van der Waals surface area contributed by atoms with Gasteiger partial charge >= 0.3 is 0 Å². The number of rotatable bonds is 5. The van der Waals surface area contributed by atoms with Crippen LogP contribution >= 0.6 is 0 Å². The number of carbonyl (C=O) groups excluding carboxylic acids is 2. The molecule has 1 aliphatic heterocycles. The first kappa shape index (κ1) is 20.4. The van der Waals surface area contributed by atoms with Crippen LogP contribution in [0.3, 0.4) is 0 Å². The molecule has 2 rings (SSSR count). The molecule has 1 aliphatic rings. The van der Waals surface area contributed by atoms with Gasteiger partial charge in [0.05, 0.1) is 6.42 Å². The maximum atomic E-state index is 12.7. The molecule has 0 aliphatic carbocycles. The van der Waals surface area contributed by atoms with Gasteiger partial charge in [-0.25, -0.2) is 0 Å². The van der Waals surface area contributed by atoms with Gasteiger partial charge < -0.3 is 16.0 Å². The molecule has 5 nitrogen and oxygen atoms in total. The van der Waals surface area contributed by atoms with Crippen LogP contribution in [-0.4, -0.2) is 35.8 Å². The number of piperidine rings is 1. The number of anilines is 1. The van der Waals surface area contributed by atoms with Gasteiger partial charge in [-0.3, -0.25) is 9.59 Å². The van der Waals surface area contributed by atoms with Gasteiger partial charge in [0.1, 0.15) is 0 Å².